The summed E-state index contributed by atoms with van der Waals surface area (Å²) in [6, 6.07) is 0. The second-order valence-corrected chi connectivity index (χ2v) is 17.5. The van der Waals surface area contributed by atoms with Crippen LogP contribution in [-0.4, -0.2) is 37.2 Å². The number of hydrogen-bond donors (Lipinski definition) is 0. The van der Waals surface area contributed by atoms with Gasteiger partial charge in [-0.15, -0.1) is 0 Å². The van der Waals surface area contributed by atoms with Crippen LogP contribution in [0.15, 0.2) is 24.3 Å². The van der Waals surface area contributed by atoms with Gasteiger partial charge in [0.15, 0.2) is 6.10 Å². The summed E-state index contributed by atoms with van der Waals surface area (Å²) in [7, 11) is 0. The van der Waals surface area contributed by atoms with Crippen molar-refractivity contribution in [2.45, 2.75) is 284 Å². The predicted octanol–water partition coefficient (Wildman–Crippen LogP) is 16.8. The monoisotopic (exact) mass is 831 g/mol. The summed E-state index contributed by atoms with van der Waals surface area (Å²) in [5.41, 5.74) is 0. The van der Waals surface area contributed by atoms with Gasteiger partial charge < -0.3 is 14.2 Å². The molecule has 0 radical (unpaired) electrons. The SMILES string of the molecule is CCCCCCCCC/C=C\C=C/CCCCCC(=O)OCC(COC(=O)CCCCCCCCCCCCC)OC(=O)CCCCCCCCCCCCCCCC. The topological polar surface area (TPSA) is 78.9 Å². The van der Waals surface area contributed by atoms with E-state index in [0.717, 1.165) is 70.6 Å². The quantitative estimate of drug-likeness (QED) is 0.0263. The smallest absolute Gasteiger partial charge is 0.306 e. The largest absolute Gasteiger partial charge is 0.462 e. The molecule has 0 aromatic rings. The van der Waals surface area contributed by atoms with Gasteiger partial charge in [-0.05, 0) is 44.9 Å². The van der Waals surface area contributed by atoms with Crippen LogP contribution in [0.5, 0.6) is 0 Å². The molecule has 0 N–H and O–H groups in total. The zero-order valence-corrected chi connectivity index (χ0v) is 39.5. The Hall–Kier alpha value is -2.11. The average Bonchev–Trinajstić information content (AvgIpc) is 3.23. The molecule has 0 bridgehead atoms. The van der Waals surface area contributed by atoms with E-state index in [9.17, 15) is 14.4 Å². The second-order valence-electron chi connectivity index (χ2n) is 17.5. The molecular weight excluding hydrogens is 733 g/mol. The standard InChI is InChI=1S/C53H98O6/c1-4-7-10-13-16-19-22-24-26-27-29-31-34-37-40-43-46-52(55)58-49-50(48-57-51(54)45-42-39-36-33-30-21-18-15-12-9-6-3)59-53(56)47-44-41-38-35-32-28-25-23-20-17-14-11-8-5-2/h26-27,29,31,50H,4-25,28,30,32-49H2,1-3H3/b27-26-,31-29-. The maximum Gasteiger partial charge on any atom is 0.306 e. The Morgan fingerprint density at radius 1 is 0.339 bits per heavy atom. The summed E-state index contributed by atoms with van der Waals surface area (Å²) in [4.78, 5) is 37.9. The lowest BCUT2D eigenvalue weighted by molar-refractivity contribution is -0.167. The summed E-state index contributed by atoms with van der Waals surface area (Å²) < 4.78 is 16.8. The lowest BCUT2D eigenvalue weighted by atomic mass is 10.0. The number of carbonyl (C=O) groups excluding carboxylic acids is 3. The van der Waals surface area contributed by atoms with E-state index in [1.807, 2.05) is 0 Å². The molecule has 0 saturated heterocycles. The van der Waals surface area contributed by atoms with Crippen LogP contribution in [0.4, 0.5) is 0 Å². The van der Waals surface area contributed by atoms with Crippen molar-refractivity contribution in [2.24, 2.45) is 0 Å². The van der Waals surface area contributed by atoms with Gasteiger partial charge in [-0.25, -0.2) is 0 Å². The second kappa shape index (κ2) is 48.6. The Morgan fingerprint density at radius 2 is 0.593 bits per heavy atom. The van der Waals surface area contributed by atoms with E-state index in [2.05, 4.69) is 45.1 Å². The van der Waals surface area contributed by atoms with Crippen molar-refractivity contribution < 1.29 is 28.6 Å². The minimum Gasteiger partial charge on any atom is -0.462 e. The van der Waals surface area contributed by atoms with Gasteiger partial charge in [-0.3, -0.25) is 14.4 Å². The summed E-state index contributed by atoms with van der Waals surface area (Å²) in [5.74, 6) is -0.890. The molecule has 0 heterocycles. The minimum absolute atomic E-state index is 0.0749. The highest BCUT2D eigenvalue weighted by Gasteiger charge is 2.19. The number of carbonyl (C=O) groups is 3. The van der Waals surface area contributed by atoms with Gasteiger partial charge in [0.25, 0.3) is 0 Å². The molecule has 0 saturated carbocycles. The first-order valence-corrected chi connectivity index (χ1v) is 25.9. The minimum atomic E-state index is -0.775. The van der Waals surface area contributed by atoms with Crippen LogP contribution in [0.25, 0.3) is 0 Å². The van der Waals surface area contributed by atoms with Gasteiger partial charge in [0.05, 0.1) is 0 Å². The molecule has 0 aromatic carbocycles. The molecule has 6 nitrogen and oxygen atoms in total. The van der Waals surface area contributed by atoms with Crippen molar-refractivity contribution in [3.05, 3.63) is 24.3 Å². The van der Waals surface area contributed by atoms with Crippen LogP contribution in [-0.2, 0) is 28.6 Å². The van der Waals surface area contributed by atoms with E-state index in [1.165, 1.54) is 167 Å². The summed E-state index contributed by atoms with van der Waals surface area (Å²) in [5, 5.41) is 0. The molecule has 0 amide bonds. The lowest BCUT2D eigenvalue weighted by Crippen LogP contribution is -2.30. The van der Waals surface area contributed by atoms with Crippen LogP contribution in [0.3, 0.4) is 0 Å². The van der Waals surface area contributed by atoms with Gasteiger partial charge in [-0.1, -0.05) is 238 Å². The summed E-state index contributed by atoms with van der Waals surface area (Å²) in [6.07, 6.45) is 54.4. The van der Waals surface area contributed by atoms with Crippen LogP contribution in [0.1, 0.15) is 278 Å². The highest BCUT2D eigenvalue weighted by Crippen LogP contribution is 2.16. The highest BCUT2D eigenvalue weighted by molar-refractivity contribution is 5.71. The van der Waals surface area contributed by atoms with Crippen molar-refractivity contribution in [2.75, 3.05) is 13.2 Å². The maximum absolute atomic E-state index is 12.8. The third-order valence-corrected chi connectivity index (χ3v) is 11.5. The Balaban J connectivity index is 4.37. The first kappa shape index (κ1) is 56.9. The number of rotatable bonds is 47. The van der Waals surface area contributed by atoms with E-state index in [0.29, 0.717) is 19.3 Å². The van der Waals surface area contributed by atoms with Crippen molar-refractivity contribution in [3.63, 3.8) is 0 Å². The van der Waals surface area contributed by atoms with Crippen LogP contribution < -0.4 is 0 Å². The van der Waals surface area contributed by atoms with Gasteiger partial charge in [0.1, 0.15) is 13.2 Å². The molecule has 346 valence electrons. The van der Waals surface area contributed by atoms with Crippen molar-refractivity contribution in [1.82, 2.24) is 0 Å². The molecule has 0 aromatic heterocycles. The third-order valence-electron chi connectivity index (χ3n) is 11.5. The molecule has 0 aliphatic carbocycles. The first-order chi connectivity index (χ1) is 29.0. The Bertz CT molecular complexity index is 958. The Kier molecular flexibility index (Phi) is 46.8. The molecule has 0 rings (SSSR count). The zero-order chi connectivity index (χ0) is 43.0. The molecule has 59 heavy (non-hydrogen) atoms. The van der Waals surface area contributed by atoms with E-state index >= 15 is 0 Å². The summed E-state index contributed by atoms with van der Waals surface area (Å²) >= 11 is 0. The number of ether oxygens (including phenoxy) is 3. The summed E-state index contributed by atoms with van der Waals surface area (Å²) in [6.45, 7) is 6.63. The lowest BCUT2D eigenvalue weighted by Gasteiger charge is -2.18. The van der Waals surface area contributed by atoms with Gasteiger partial charge >= 0.3 is 17.9 Å². The first-order valence-electron chi connectivity index (χ1n) is 25.9. The van der Waals surface area contributed by atoms with Crippen molar-refractivity contribution in [1.29, 1.82) is 0 Å². The normalized spacial score (nSPS) is 12.1. The number of allylic oxidation sites excluding steroid dienone is 4. The molecule has 1 unspecified atom stereocenters. The fourth-order valence-corrected chi connectivity index (χ4v) is 7.55. The maximum atomic E-state index is 12.8. The molecule has 0 fully saturated rings. The van der Waals surface area contributed by atoms with E-state index in [-0.39, 0.29) is 31.1 Å². The number of esters is 3. The van der Waals surface area contributed by atoms with Gasteiger partial charge in [-0.2, -0.15) is 0 Å². The molecule has 6 heteroatoms. The van der Waals surface area contributed by atoms with E-state index in [1.54, 1.807) is 0 Å². The molecule has 0 spiro atoms. The van der Waals surface area contributed by atoms with Crippen molar-refractivity contribution in [3.8, 4) is 0 Å². The van der Waals surface area contributed by atoms with Crippen LogP contribution in [0, 0.1) is 0 Å². The number of unbranched alkanes of at least 4 members (excludes halogenated alkanes) is 33. The fraction of sp³-hybridized carbons (Fsp3) is 0.868. The third kappa shape index (κ3) is 46.8. The highest BCUT2D eigenvalue weighted by atomic mass is 16.6. The predicted molar refractivity (Wildman–Crippen MR) is 252 cm³/mol. The zero-order valence-electron chi connectivity index (χ0n) is 39.5. The molecule has 0 aliphatic rings. The fourth-order valence-electron chi connectivity index (χ4n) is 7.55. The Morgan fingerprint density at radius 3 is 0.915 bits per heavy atom. The van der Waals surface area contributed by atoms with Crippen LogP contribution in [0.2, 0.25) is 0 Å². The molecular formula is C53H98O6. The van der Waals surface area contributed by atoms with Gasteiger partial charge in [0.2, 0.25) is 0 Å². The van der Waals surface area contributed by atoms with Crippen molar-refractivity contribution >= 4 is 17.9 Å². The molecule has 0 aliphatic heterocycles. The molecule has 1 atom stereocenters. The Labute approximate surface area is 366 Å². The van der Waals surface area contributed by atoms with E-state index < -0.39 is 6.10 Å². The number of hydrogen-bond acceptors (Lipinski definition) is 6. The average molecular weight is 831 g/mol. The van der Waals surface area contributed by atoms with Gasteiger partial charge in [0, 0.05) is 19.3 Å². The van der Waals surface area contributed by atoms with E-state index in [4.69, 9.17) is 14.2 Å². The van der Waals surface area contributed by atoms with Crippen LogP contribution >= 0.6 is 0 Å².